The van der Waals surface area contributed by atoms with Crippen LogP contribution >= 0.6 is 23.2 Å². The number of hydrazine groups is 1. The molecule has 0 heterocycles. The van der Waals surface area contributed by atoms with Crippen molar-refractivity contribution in [1.29, 1.82) is 0 Å². The third kappa shape index (κ3) is 6.51. The van der Waals surface area contributed by atoms with Crippen molar-refractivity contribution in [3.8, 4) is 0 Å². The molecule has 0 aliphatic rings. The zero-order chi connectivity index (χ0) is 20.0. The number of carbonyl (C=O) groups is 2. The van der Waals surface area contributed by atoms with E-state index in [0.717, 1.165) is 5.56 Å². The predicted molar refractivity (Wildman–Crippen MR) is 104 cm³/mol. The van der Waals surface area contributed by atoms with E-state index in [1.54, 1.807) is 24.3 Å². The average molecular weight is 430 g/mol. The molecule has 0 atom stereocenters. The minimum Gasteiger partial charge on any atom is -0.325 e. The third-order valence-electron chi connectivity index (χ3n) is 3.44. The van der Waals surface area contributed by atoms with E-state index in [4.69, 9.17) is 23.2 Å². The first-order chi connectivity index (χ1) is 12.7. The molecule has 144 valence electrons. The Morgan fingerprint density at radius 1 is 0.963 bits per heavy atom. The summed E-state index contributed by atoms with van der Waals surface area (Å²) >= 11 is 11.7. The van der Waals surface area contributed by atoms with Crippen LogP contribution in [0.3, 0.4) is 0 Å². The zero-order valence-corrected chi connectivity index (χ0v) is 16.6. The van der Waals surface area contributed by atoms with Crippen LogP contribution in [0.25, 0.3) is 0 Å². The second-order valence-electron chi connectivity index (χ2n) is 5.64. The maximum atomic E-state index is 12.1. The first-order valence-electron chi connectivity index (χ1n) is 7.79. The van der Waals surface area contributed by atoms with Gasteiger partial charge in [-0.3, -0.25) is 15.0 Å². The monoisotopic (exact) mass is 429 g/mol. The molecule has 0 bridgehead atoms. The summed E-state index contributed by atoms with van der Waals surface area (Å²) in [5.41, 5.74) is 3.35. The summed E-state index contributed by atoms with van der Waals surface area (Å²) < 4.78 is 24.1. The zero-order valence-electron chi connectivity index (χ0n) is 14.3. The molecule has 0 fully saturated rings. The number of hydrogen-bond donors (Lipinski definition) is 3. The minimum absolute atomic E-state index is 0.0172. The molecular weight excluding hydrogens is 413 g/mol. The van der Waals surface area contributed by atoms with E-state index in [1.165, 1.54) is 18.2 Å². The Labute approximate surface area is 167 Å². The van der Waals surface area contributed by atoms with Gasteiger partial charge in [0.25, 0.3) is 10.0 Å². The van der Waals surface area contributed by atoms with E-state index >= 15 is 0 Å². The van der Waals surface area contributed by atoms with Gasteiger partial charge in [-0.25, -0.2) is 8.42 Å². The number of hydrogen-bond acceptors (Lipinski definition) is 4. The van der Waals surface area contributed by atoms with Crippen LogP contribution in [0.1, 0.15) is 18.4 Å². The van der Waals surface area contributed by atoms with Gasteiger partial charge in [0.15, 0.2) is 0 Å². The van der Waals surface area contributed by atoms with Crippen molar-refractivity contribution in [3.63, 3.8) is 0 Å². The van der Waals surface area contributed by atoms with E-state index in [0.29, 0.717) is 10.7 Å². The van der Waals surface area contributed by atoms with Crippen molar-refractivity contribution < 1.29 is 18.0 Å². The Hall–Kier alpha value is -2.13. The average Bonchev–Trinajstić information content (AvgIpc) is 2.61. The summed E-state index contributed by atoms with van der Waals surface area (Å²) in [6.07, 6.45) is -0.371. The van der Waals surface area contributed by atoms with Gasteiger partial charge in [-0.2, -0.15) is 0 Å². The van der Waals surface area contributed by atoms with Crippen molar-refractivity contribution in [2.45, 2.75) is 24.7 Å². The molecule has 2 aromatic carbocycles. The van der Waals surface area contributed by atoms with E-state index in [2.05, 4.69) is 10.7 Å². The quantitative estimate of drug-likeness (QED) is 0.588. The van der Waals surface area contributed by atoms with Crippen LogP contribution in [0.15, 0.2) is 47.4 Å². The van der Waals surface area contributed by atoms with Crippen molar-refractivity contribution in [2.24, 2.45) is 0 Å². The number of benzene rings is 2. The van der Waals surface area contributed by atoms with Gasteiger partial charge in [0.05, 0.1) is 15.6 Å². The molecule has 0 aliphatic heterocycles. The predicted octanol–water partition coefficient (Wildman–Crippen LogP) is 3.03. The maximum absolute atomic E-state index is 12.1. The summed E-state index contributed by atoms with van der Waals surface area (Å²) in [6.45, 7) is 1.83. The molecule has 0 radical (unpaired) electrons. The second kappa shape index (κ2) is 9.18. The highest BCUT2D eigenvalue weighted by molar-refractivity contribution is 7.89. The fourth-order valence-corrected chi connectivity index (χ4v) is 3.31. The van der Waals surface area contributed by atoms with Crippen molar-refractivity contribution in [1.82, 2.24) is 10.3 Å². The summed E-state index contributed by atoms with van der Waals surface area (Å²) in [5.74, 6) is -1.10. The lowest BCUT2D eigenvalue weighted by Crippen LogP contribution is -2.41. The highest BCUT2D eigenvalue weighted by atomic mass is 35.5. The standard InChI is InChI=1S/C17H17Cl2N3O4S/c1-11-2-5-13(6-3-11)27(25,26)22-21-17(24)9-8-16(23)20-15-7-4-12(18)10-14(15)19/h2-7,10,22H,8-9H2,1H3,(H,20,23)(H,21,24). The van der Waals surface area contributed by atoms with Crippen molar-refractivity contribution in [3.05, 3.63) is 58.1 Å². The lowest BCUT2D eigenvalue weighted by molar-refractivity contribution is -0.124. The minimum atomic E-state index is -3.88. The topological polar surface area (TPSA) is 104 Å². The second-order valence-corrected chi connectivity index (χ2v) is 8.17. The number of anilines is 1. The van der Waals surface area contributed by atoms with Crippen LogP contribution in [0, 0.1) is 6.92 Å². The van der Waals surface area contributed by atoms with Gasteiger partial charge in [-0.05, 0) is 37.3 Å². The van der Waals surface area contributed by atoms with Gasteiger partial charge in [-0.15, -0.1) is 4.83 Å². The van der Waals surface area contributed by atoms with Crippen molar-refractivity contribution in [2.75, 3.05) is 5.32 Å². The van der Waals surface area contributed by atoms with E-state index in [-0.39, 0.29) is 22.8 Å². The van der Waals surface area contributed by atoms with E-state index in [9.17, 15) is 18.0 Å². The van der Waals surface area contributed by atoms with Gasteiger partial charge < -0.3 is 5.32 Å². The Kier molecular flexibility index (Phi) is 7.20. The summed E-state index contributed by atoms with van der Waals surface area (Å²) in [5, 5.41) is 3.25. The Bertz CT molecular complexity index is 947. The number of nitrogens with one attached hydrogen (secondary N) is 3. The molecule has 2 aromatic rings. The molecule has 7 nitrogen and oxygen atoms in total. The van der Waals surface area contributed by atoms with Crippen LogP contribution in [0.5, 0.6) is 0 Å². The number of rotatable bonds is 7. The van der Waals surface area contributed by atoms with Crippen LogP contribution in [-0.2, 0) is 19.6 Å². The number of halogens is 2. The van der Waals surface area contributed by atoms with Crippen LogP contribution in [0.4, 0.5) is 5.69 Å². The SMILES string of the molecule is Cc1ccc(S(=O)(=O)NNC(=O)CCC(=O)Nc2ccc(Cl)cc2Cl)cc1. The number of sulfonamides is 1. The molecule has 0 saturated heterocycles. The van der Waals surface area contributed by atoms with Gasteiger partial charge >= 0.3 is 0 Å². The molecule has 0 spiro atoms. The molecule has 0 saturated carbocycles. The van der Waals surface area contributed by atoms with E-state index < -0.39 is 21.8 Å². The molecule has 10 heteroatoms. The Balaban J connectivity index is 1.81. The molecule has 0 aromatic heterocycles. The van der Waals surface area contributed by atoms with Crippen LogP contribution in [-0.4, -0.2) is 20.2 Å². The van der Waals surface area contributed by atoms with Gasteiger partial charge in [0.2, 0.25) is 11.8 Å². The smallest absolute Gasteiger partial charge is 0.257 e. The molecular formula is C17H17Cl2N3O4S. The van der Waals surface area contributed by atoms with Crippen LogP contribution in [0.2, 0.25) is 10.0 Å². The lowest BCUT2D eigenvalue weighted by atomic mass is 10.2. The fraction of sp³-hybridized carbons (Fsp3) is 0.176. The maximum Gasteiger partial charge on any atom is 0.257 e. The first-order valence-corrected chi connectivity index (χ1v) is 10.0. The summed E-state index contributed by atoms with van der Waals surface area (Å²) in [4.78, 5) is 25.7. The molecule has 0 aliphatic carbocycles. The first kappa shape index (κ1) is 21.2. The number of amides is 2. The molecule has 0 unspecified atom stereocenters. The third-order valence-corrected chi connectivity index (χ3v) is 5.25. The van der Waals surface area contributed by atoms with Gasteiger partial charge in [-0.1, -0.05) is 40.9 Å². The lowest BCUT2D eigenvalue weighted by Gasteiger charge is -2.09. The molecule has 2 rings (SSSR count). The Morgan fingerprint density at radius 2 is 1.59 bits per heavy atom. The summed E-state index contributed by atoms with van der Waals surface area (Å²) in [6, 6.07) is 10.7. The molecule has 27 heavy (non-hydrogen) atoms. The van der Waals surface area contributed by atoms with Crippen molar-refractivity contribution >= 4 is 50.7 Å². The Morgan fingerprint density at radius 3 is 2.22 bits per heavy atom. The molecule has 2 amide bonds. The van der Waals surface area contributed by atoms with Gasteiger partial charge in [0, 0.05) is 17.9 Å². The van der Waals surface area contributed by atoms with Crippen LogP contribution < -0.4 is 15.6 Å². The number of aryl methyl sites for hydroxylation is 1. The fourth-order valence-electron chi connectivity index (χ4n) is 1.99. The highest BCUT2D eigenvalue weighted by Crippen LogP contribution is 2.25. The van der Waals surface area contributed by atoms with Gasteiger partial charge in [0.1, 0.15) is 0 Å². The summed E-state index contributed by atoms with van der Waals surface area (Å²) in [7, 11) is -3.88. The largest absolute Gasteiger partial charge is 0.325 e. The normalized spacial score (nSPS) is 11.1. The number of carbonyl (C=O) groups excluding carboxylic acids is 2. The van der Waals surface area contributed by atoms with E-state index in [1.807, 2.05) is 11.8 Å². The highest BCUT2D eigenvalue weighted by Gasteiger charge is 2.15. The molecule has 3 N–H and O–H groups in total.